The summed E-state index contributed by atoms with van der Waals surface area (Å²) in [6, 6.07) is 4.33. The fourth-order valence-electron chi connectivity index (χ4n) is 2.94. The number of carbonyl (C=O) groups is 1. The van der Waals surface area contributed by atoms with Gasteiger partial charge in [0.25, 0.3) is 5.91 Å². The topological polar surface area (TPSA) is 75.4 Å². The molecule has 2 aromatic rings. The van der Waals surface area contributed by atoms with Gasteiger partial charge in [-0.1, -0.05) is 6.42 Å². The van der Waals surface area contributed by atoms with Crippen LogP contribution in [0.25, 0.3) is 10.1 Å². The van der Waals surface area contributed by atoms with E-state index in [4.69, 9.17) is 5.73 Å². The number of aliphatic hydroxyl groups is 1. The molecule has 0 bridgehead atoms. The maximum Gasteiger partial charge on any atom is 0.263 e. The third-order valence-corrected chi connectivity index (χ3v) is 5.29. The summed E-state index contributed by atoms with van der Waals surface area (Å²) < 4.78 is 14.1. The molecule has 1 fully saturated rings. The SMILES string of the molecule is Nc1c(C(=O)NC2CCCC2CO)sc2ccc(F)cc12. The number of carbonyl (C=O) groups excluding carboxylic acids is 1. The van der Waals surface area contributed by atoms with E-state index in [0.717, 1.165) is 24.0 Å². The van der Waals surface area contributed by atoms with Crippen LogP contribution in [0.2, 0.25) is 0 Å². The third-order valence-electron chi connectivity index (χ3n) is 4.10. The Hall–Kier alpha value is -1.66. The summed E-state index contributed by atoms with van der Waals surface area (Å²) in [4.78, 5) is 12.8. The molecule has 112 valence electrons. The minimum atomic E-state index is -0.366. The number of amides is 1. The van der Waals surface area contributed by atoms with Crippen molar-refractivity contribution in [2.45, 2.75) is 25.3 Å². The van der Waals surface area contributed by atoms with E-state index in [1.165, 1.54) is 23.5 Å². The van der Waals surface area contributed by atoms with Gasteiger partial charge >= 0.3 is 0 Å². The first-order chi connectivity index (χ1) is 10.1. The van der Waals surface area contributed by atoms with Crippen molar-refractivity contribution in [3.8, 4) is 0 Å². The fourth-order valence-corrected chi connectivity index (χ4v) is 3.94. The van der Waals surface area contributed by atoms with E-state index in [9.17, 15) is 14.3 Å². The number of nitrogen functional groups attached to an aromatic ring is 1. The molecular weight excluding hydrogens is 291 g/mol. The Bertz CT molecular complexity index is 686. The molecule has 2 atom stereocenters. The molecule has 0 aliphatic heterocycles. The van der Waals surface area contributed by atoms with Crippen LogP contribution in [0.5, 0.6) is 0 Å². The molecule has 1 amide bonds. The highest BCUT2D eigenvalue weighted by Crippen LogP contribution is 2.34. The van der Waals surface area contributed by atoms with Crippen LogP contribution < -0.4 is 11.1 Å². The summed E-state index contributed by atoms with van der Waals surface area (Å²) in [5, 5.41) is 12.8. The van der Waals surface area contributed by atoms with Gasteiger partial charge in [0.15, 0.2) is 0 Å². The smallest absolute Gasteiger partial charge is 0.263 e. The molecule has 2 unspecified atom stereocenters. The Morgan fingerprint density at radius 3 is 3.05 bits per heavy atom. The lowest BCUT2D eigenvalue weighted by atomic mass is 10.1. The Morgan fingerprint density at radius 2 is 2.29 bits per heavy atom. The van der Waals surface area contributed by atoms with Gasteiger partial charge in [-0.3, -0.25) is 4.79 Å². The third kappa shape index (κ3) is 2.61. The molecule has 3 rings (SSSR count). The van der Waals surface area contributed by atoms with Crippen molar-refractivity contribution in [2.24, 2.45) is 5.92 Å². The molecule has 1 aliphatic carbocycles. The molecule has 1 aromatic heterocycles. The van der Waals surface area contributed by atoms with E-state index in [1.54, 1.807) is 6.07 Å². The van der Waals surface area contributed by atoms with Crippen LogP contribution >= 0.6 is 11.3 Å². The monoisotopic (exact) mass is 308 g/mol. The van der Waals surface area contributed by atoms with Crippen LogP contribution in [0.3, 0.4) is 0 Å². The highest BCUT2D eigenvalue weighted by molar-refractivity contribution is 7.21. The number of fused-ring (bicyclic) bond motifs is 1. The van der Waals surface area contributed by atoms with E-state index in [2.05, 4.69) is 5.32 Å². The molecule has 4 nitrogen and oxygen atoms in total. The number of aliphatic hydroxyl groups excluding tert-OH is 1. The highest BCUT2D eigenvalue weighted by Gasteiger charge is 2.29. The van der Waals surface area contributed by atoms with Gasteiger partial charge in [-0.25, -0.2) is 4.39 Å². The largest absolute Gasteiger partial charge is 0.397 e. The second kappa shape index (κ2) is 5.61. The second-order valence-electron chi connectivity index (χ2n) is 5.44. The van der Waals surface area contributed by atoms with E-state index in [-0.39, 0.29) is 30.3 Å². The van der Waals surface area contributed by atoms with Gasteiger partial charge in [-0.15, -0.1) is 11.3 Å². The number of nitrogens with one attached hydrogen (secondary N) is 1. The number of hydrogen-bond acceptors (Lipinski definition) is 4. The summed E-state index contributed by atoms with van der Waals surface area (Å²) in [5.74, 6) is -0.489. The predicted octanol–water partition coefficient (Wildman–Crippen LogP) is 2.51. The van der Waals surface area contributed by atoms with Crippen molar-refractivity contribution in [1.29, 1.82) is 0 Å². The lowest BCUT2D eigenvalue weighted by Crippen LogP contribution is -2.38. The highest BCUT2D eigenvalue weighted by atomic mass is 32.1. The number of benzene rings is 1. The average molecular weight is 308 g/mol. The van der Waals surface area contributed by atoms with Crippen molar-refractivity contribution < 1.29 is 14.3 Å². The molecule has 1 heterocycles. The molecular formula is C15H17FN2O2S. The van der Waals surface area contributed by atoms with Gasteiger partial charge < -0.3 is 16.2 Å². The quantitative estimate of drug-likeness (QED) is 0.815. The van der Waals surface area contributed by atoms with Gasteiger partial charge in [-0.2, -0.15) is 0 Å². The van der Waals surface area contributed by atoms with E-state index in [0.29, 0.717) is 16.0 Å². The predicted molar refractivity (Wildman–Crippen MR) is 81.9 cm³/mol. The Balaban J connectivity index is 1.86. The summed E-state index contributed by atoms with van der Waals surface area (Å²) >= 11 is 1.27. The summed E-state index contributed by atoms with van der Waals surface area (Å²) in [5.41, 5.74) is 6.31. The van der Waals surface area contributed by atoms with Crippen LogP contribution in [0.4, 0.5) is 10.1 Å². The Morgan fingerprint density at radius 1 is 1.48 bits per heavy atom. The zero-order valence-corrected chi connectivity index (χ0v) is 12.3. The van der Waals surface area contributed by atoms with Crippen LogP contribution in [0.15, 0.2) is 18.2 Å². The van der Waals surface area contributed by atoms with E-state index >= 15 is 0 Å². The molecule has 0 spiro atoms. The van der Waals surface area contributed by atoms with E-state index in [1.807, 2.05) is 0 Å². The zero-order chi connectivity index (χ0) is 15.0. The number of halogens is 1. The van der Waals surface area contributed by atoms with Gasteiger partial charge in [0.1, 0.15) is 10.7 Å². The number of nitrogens with two attached hydrogens (primary N) is 1. The normalized spacial score (nSPS) is 21.8. The Labute approximate surface area is 125 Å². The van der Waals surface area contributed by atoms with Crippen LogP contribution in [0, 0.1) is 11.7 Å². The fraction of sp³-hybridized carbons (Fsp3) is 0.400. The summed E-state index contributed by atoms with van der Waals surface area (Å²) in [6.07, 6.45) is 2.80. The first-order valence-electron chi connectivity index (χ1n) is 6.99. The molecule has 1 aromatic carbocycles. The summed E-state index contributed by atoms with van der Waals surface area (Å²) in [6.45, 7) is 0.0814. The van der Waals surface area contributed by atoms with Crippen molar-refractivity contribution in [2.75, 3.05) is 12.3 Å². The van der Waals surface area contributed by atoms with Crippen molar-refractivity contribution >= 4 is 33.0 Å². The number of hydrogen-bond donors (Lipinski definition) is 3. The van der Waals surface area contributed by atoms with Gasteiger partial charge in [0.05, 0.1) is 5.69 Å². The second-order valence-corrected chi connectivity index (χ2v) is 6.49. The van der Waals surface area contributed by atoms with Crippen LogP contribution in [-0.4, -0.2) is 23.7 Å². The van der Waals surface area contributed by atoms with E-state index < -0.39 is 0 Å². The standard InChI is InChI=1S/C15H17FN2O2S/c16-9-4-5-12-10(6-9)13(17)14(21-12)15(20)18-11-3-1-2-8(11)7-19/h4-6,8,11,19H,1-3,7,17H2,(H,18,20). The molecule has 1 saturated carbocycles. The Kier molecular flexibility index (Phi) is 3.82. The molecule has 4 N–H and O–H groups in total. The van der Waals surface area contributed by atoms with Gasteiger partial charge in [0.2, 0.25) is 0 Å². The first kappa shape index (κ1) is 14.3. The van der Waals surface area contributed by atoms with Crippen molar-refractivity contribution in [1.82, 2.24) is 5.32 Å². The number of thiophene rings is 1. The summed E-state index contributed by atoms with van der Waals surface area (Å²) in [7, 11) is 0. The molecule has 1 aliphatic rings. The van der Waals surface area contributed by atoms with Gasteiger partial charge in [-0.05, 0) is 31.0 Å². The zero-order valence-electron chi connectivity index (χ0n) is 11.4. The molecule has 0 radical (unpaired) electrons. The number of rotatable bonds is 3. The van der Waals surface area contributed by atoms with Crippen LogP contribution in [0.1, 0.15) is 28.9 Å². The maximum atomic E-state index is 13.3. The molecule has 0 saturated heterocycles. The van der Waals surface area contributed by atoms with Crippen molar-refractivity contribution in [3.05, 3.63) is 28.9 Å². The average Bonchev–Trinajstić information content (AvgIpc) is 3.04. The lowest BCUT2D eigenvalue weighted by molar-refractivity contribution is 0.0921. The van der Waals surface area contributed by atoms with Gasteiger partial charge in [0, 0.05) is 28.7 Å². The van der Waals surface area contributed by atoms with Crippen molar-refractivity contribution in [3.63, 3.8) is 0 Å². The minimum Gasteiger partial charge on any atom is -0.397 e. The molecule has 21 heavy (non-hydrogen) atoms. The van der Waals surface area contributed by atoms with Crippen LogP contribution in [-0.2, 0) is 0 Å². The first-order valence-corrected chi connectivity index (χ1v) is 7.81. The minimum absolute atomic E-state index is 0.0103. The maximum absolute atomic E-state index is 13.3. The molecule has 6 heteroatoms. The number of anilines is 1. The lowest BCUT2D eigenvalue weighted by Gasteiger charge is -2.18.